The summed E-state index contributed by atoms with van der Waals surface area (Å²) in [4.78, 5) is 19.5. The fraction of sp³-hybridized carbons (Fsp3) is 0.409. The first-order valence-corrected chi connectivity index (χ1v) is 9.53. The second-order valence-corrected chi connectivity index (χ2v) is 7.61. The number of amides is 1. The molecule has 0 unspecified atom stereocenters. The van der Waals surface area contributed by atoms with Crippen molar-refractivity contribution in [2.24, 2.45) is 0 Å². The Hall–Kier alpha value is -2.33. The number of nitrogens with zero attached hydrogens (tertiary/aromatic N) is 3. The number of rotatable bonds is 3. The summed E-state index contributed by atoms with van der Waals surface area (Å²) >= 11 is 0. The average Bonchev–Trinajstić information content (AvgIpc) is 3.15. The minimum absolute atomic E-state index is 0.171. The van der Waals surface area contributed by atoms with E-state index < -0.39 is 0 Å². The van der Waals surface area contributed by atoms with Gasteiger partial charge in [0.05, 0.1) is 0 Å². The van der Waals surface area contributed by atoms with Crippen LogP contribution in [0.3, 0.4) is 0 Å². The van der Waals surface area contributed by atoms with E-state index in [0.29, 0.717) is 6.04 Å². The van der Waals surface area contributed by atoms with Crippen molar-refractivity contribution in [3.63, 3.8) is 0 Å². The van der Waals surface area contributed by atoms with Crippen molar-refractivity contribution < 1.29 is 4.79 Å². The summed E-state index contributed by atoms with van der Waals surface area (Å²) in [5.74, 6) is 0.171. The summed E-state index contributed by atoms with van der Waals surface area (Å²) in [5, 5.41) is 0. The van der Waals surface area contributed by atoms with Crippen LogP contribution < -0.4 is 4.90 Å². The van der Waals surface area contributed by atoms with Gasteiger partial charge in [-0.15, -0.1) is 0 Å². The molecule has 2 fully saturated rings. The van der Waals surface area contributed by atoms with Gasteiger partial charge in [-0.2, -0.15) is 0 Å². The van der Waals surface area contributed by atoms with E-state index in [9.17, 15) is 4.79 Å². The molecule has 1 atom stereocenters. The fourth-order valence-electron chi connectivity index (χ4n) is 4.13. The molecule has 2 aromatic carbocycles. The van der Waals surface area contributed by atoms with E-state index in [2.05, 4.69) is 46.2 Å². The van der Waals surface area contributed by atoms with Gasteiger partial charge in [-0.25, -0.2) is 0 Å². The first-order chi connectivity index (χ1) is 12.6. The highest BCUT2D eigenvalue weighted by molar-refractivity contribution is 5.94. The Bertz CT molecular complexity index is 784. The third-order valence-corrected chi connectivity index (χ3v) is 5.70. The molecule has 0 N–H and O–H groups in total. The van der Waals surface area contributed by atoms with Crippen molar-refractivity contribution in [3.8, 4) is 11.1 Å². The van der Waals surface area contributed by atoms with Crippen LogP contribution in [0.1, 0.15) is 23.2 Å². The Balaban J connectivity index is 1.49. The number of carbonyl (C=O) groups is 1. The Kier molecular flexibility index (Phi) is 4.68. The van der Waals surface area contributed by atoms with E-state index in [1.54, 1.807) is 0 Å². The first kappa shape index (κ1) is 17.1. The van der Waals surface area contributed by atoms with Crippen LogP contribution in [0.15, 0.2) is 48.5 Å². The molecule has 2 aliphatic heterocycles. The largest absolute Gasteiger partial charge is 0.378 e. The monoisotopic (exact) mass is 349 g/mol. The minimum Gasteiger partial charge on any atom is -0.378 e. The first-order valence-electron chi connectivity index (χ1n) is 9.53. The van der Waals surface area contributed by atoms with Gasteiger partial charge in [0.25, 0.3) is 5.91 Å². The molecule has 4 nitrogen and oxygen atoms in total. The van der Waals surface area contributed by atoms with Gasteiger partial charge in [0.15, 0.2) is 0 Å². The lowest BCUT2D eigenvalue weighted by atomic mass is 10.0. The standard InChI is InChI=1S/C22H27N3O/c1-23(2)20-6-3-5-19(15-20)17-8-10-18(11-9-17)22(26)25-14-13-24-12-4-7-21(24)16-25/h3,5-6,8-11,15,21H,4,7,12-14,16H2,1-2H3/t21-/m0/s1. The summed E-state index contributed by atoms with van der Waals surface area (Å²) in [6.07, 6.45) is 2.50. The molecule has 0 spiro atoms. The maximum Gasteiger partial charge on any atom is 0.253 e. The quantitative estimate of drug-likeness (QED) is 0.850. The van der Waals surface area contributed by atoms with E-state index in [0.717, 1.165) is 30.8 Å². The Morgan fingerprint density at radius 3 is 2.58 bits per heavy atom. The second-order valence-electron chi connectivity index (χ2n) is 7.61. The molecule has 26 heavy (non-hydrogen) atoms. The summed E-state index contributed by atoms with van der Waals surface area (Å²) in [5.41, 5.74) is 4.29. The number of hydrogen-bond acceptors (Lipinski definition) is 3. The third-order valence-electron chi connectivity index (χ3n) is 5.70. The van der Waals surface area contributed by atoms with E-state index >= 15 is 0 Å². The van der Waals surface area contributed by atoms with Crippen molar-refractivity contribution in [1.29, 1.82) is 0 Å². The van der Waals surface area contributed by atoms with Gasteiger partial charge in [-0.05, 0) is 54.8 Å². The zero-order valence-corrected chi connectivity index (χ0v) is 15.7. The number of hydrogen-bond donors (Lipinski definition) is 0. The molecule has 1 amide bonds. The van der Waals surface area contributed by atoms with E-state index in [1.165, 1.54) is 30.6 Å². The molecule has 136 valence electrons. The number of piperazine rings is 1. The number of benzene rings is 2. The molecule has 2 heterocycles. The topological polar surface area (TPSA) is 26.8 Å². The summed E-state index contributed by atoms with van der Waals surface area (Å²) in [6, 6.07) is 17.1. The van der Waals surface area contributed by atoms with E-state index in [1.807, 2.05) is 31.1 Å². The highest BCUT2D eigenvalue weighted by atomic mass is 16.2. The average molecular weight is 349 g/mol. The Morgan fingerprint density at radius 1 is 1.00 bits per heavy atom. The summed E-state index contributed by atoms with van der Waals surface area (Å²) in [6.45, 7) is 3.95. The Morgan fingerprint density at radius 2 is 1.81 bits per heavy atom. The van der Waals surface area contributed by atoms with Gasteiger partial charge >= 0.3 is 0 Å². The van der Waals surface area contributed by atoms with Crippen LogP contribution in [-0.4, -0.2) is 62.0 Å². The zero-order valence-electron chi connectivity index (χ0n) is 15.7. The molecule has 0 aromatic heterocycles. The van der Waals surface area contributed by atoms with E-state index in [-0.39, 0.29) is 5.91 Å². The SMILES string of the molecule is CN(C)c1cccc(-c2ccc(C(=O)N3CCN4CCC[C@H]4C3)cc2)c1. The lowest BCUT2D eigenvalue weighted by Gasteiger charge is -2.37. The third kappa shape index (κ3) is 3.34. The molecule has 2 aliphatic rings. The van der Waals surface area contributed by atoms with Crippen LogP contribution in [0, 0.1) is 0 Å². The zero-order chi connectivity index (χ0) is 18.1. The summed E-state index contributed by atoms with van der Waals surface area (Å²) in [7, 11) is 4.09. The fourth-order valence-corrected chi connectivity index (χ4v) is 4.13. The predicted octanol–water partition coefficient (Wildman–Crippen LogP) is 3.34. The van der Waals surface area contributed by atoms with E-state index in [4.69, 9.17) is 0 Å². The minimum atomic E-state index is 0.171. The van der Waals surface area contributed by atoms with Gasteiger partial charge in [0, 0.05) is 51.0 Å². The molecule has 4 heteroatoms. The molecular formula is C22H27N3O. The van der Waals surface area contributed by atoms with Crippen LogP contribution in [0.5, 0.6) is 0 Å². The van der Waals surface area contributed by atoms with Gasteiger partial charge in [-0.3, -0.25) is 9.69 Å². The van der Waals surface area contributed by atoms with Gasteiger partial charge in [0.1, 0.15) is 0 Å². The predicted molar refractivity (Wildman–Crippen MR) is 107 cm³/mol. The lowest BCUT2D eigenvalue weighted by Crippen LogP contribution is -2.52. The molecule has 4 rings (SSSR count). The van der Waals surface area contributed by atoms with Crippen LogP contribution >= 0.6 is 0 Å². The highest BCUT2D eigenvalue weighted by Crippen LogP contribution is 2.26. The van der Waals surface area contributed by atoms with Crippen LogP contribution in [0.25, 0.3) is 11.1 Å². The summed E-state index contributed by atoms with van der Waals surface area (Å²) < 4.78 is 0. The number of anilines is 1. The maximum atomic E-state index is 12.9. The molecule has 0 radical (unpaired) electrons. The molecular weight excluding hydrogens is 322 g/mol. The van der Waals surface area contributed by atoms with Gasteiger partial charge in [-0.1, -0.05) is 24.3 Å². The normalized spacial score (nSPS) is 20.1. The maximum absolute atomic E-state index is 12.9. The van der Waals surface area contributed by atoms with Crippen molar-refractivity contribution in [1.82, 2.24) is 9.80 Å². The van der Waals surface area contributed by atoms with Gasteiger partial charge in [0.2, 0.25) is 0 Å². The smallest absolute Gasteiger partial charge is 0.253 e. The van der Waals surface area contributed by atoms with Crippen molar-refractivity contribution in [2.45, 2.75) is 18.9 Å². The van der Waals surface area contributed by atoms with Crippen molar-refractivity contribution in [3.05, 3.63) is 54.1 Å². The van der Waals surface area contributed by atoms with Crippen LogP contribution in [0.2, 0.25) is 0 Å². The lowest BCUT2D eigenvalue weighted by molar-refractivity contribution is 0.0571. The highest BCUT2D eigenvalue weighted by Gasteiger charge is 2.32. The van der Waals surface area contributed by atoms with Gasteiger partial charge < -0.3 is 9.80 Å². The second kappa shape index (κ2) is 7.12. The molecule has 0 aliphatic carbocycles. The van der Waals surface area contributed by atoms with Crippen LogP contribution in [-0.2, 0) is 0 Å². The molecule has 2 saturated heterocycles. The Labute approximate surface area is 156 Å². The number of fused-ring (bicyclic) bond motifs is 1. The molecule has 0 saturated carbocycles. The molecule has 2 aromatic rings. The van der Waals surface area contributed by atoms with Crippen LogP contribution in [0.4, 0.5) is 5.69 Å². The number of carbonyl (C=O) groups excluding carboxylic acids is 1. The van der Waals surface area contributed by atoms with Crippen molar-refractivity contribution >= 4 is 11.6 Å². The van der Waals surface area contributed by atoms with Crippen molar-refractivity contribution in [2.75, 3.05) is 45.2 Å². The molecule has 0 bridgehead atoms.